The molecule has 0 bridgehead atoms. The lowest BCUT2D eigenvalue weighted by Gasteiger charge is -2.12. The number of aromatic nitrogens is 1. The number of carbonyl (C=O) groups is 1. The highest BCUT2D eigenvalue weighted by Crippen LogP contribution is 2.26. The van der Waals surface area contributed by atoms with E-state index in [1.165, 1.54) is 11.3 Å². The first-order valence-corrected chi connectivity index (χ1v) is 7.14. The lowest BCUT2D eigenvalue weighted by Crippen LogP contribution is -2.32. The van der Waals surface area contributed by atoms with Crippen molar-refractivity contribution < 1.29 is 9.90 Å². The summed E-state index contributed by atoms with van der Waals surface area (Å²) in [6, 6.07) is 4.79. The zero-order chi connectivity index (χ0) is 14.5. The van der Waals surface area contributed by atoms with Gasteiger partial charge in [-0.1, -0.05) is 11.6 Å². The molecule has 2 aromatic rings. The number of urea groups is 1. The van der Waals surface area contributed by atoms with Crippen LogP contribution >= 0.6 is 22.9 Å². The Balaban J connectivity index is 1.85. The second-order valence-corrected chi connectivity index (χ2v) is 5.93. The maximum Gasteiger partial charge on any atom is 0.319 e. The minimum Gasteiger partial charge on any atom is -0.386 e. The van der Waals surface area contributed by atoms with Crippen molar-refractivity contribution >= 4 is 34.7 Å². The van der Waals surface area contributed by atoms with Gasteiger partial charge in [0, 0.05) is 23.0 Å². The molecular weight excluding hydrogens is 298 g/mol. The van der Waals surface area contributed by atoms with E-state index in [9.17, 15) is 9.90 Å². The number of halogens is 1. The number of nitrogens with zero attached hydrogens (tertiary/aromatic N) is 1. The molecule has 3 N–H and O–H groups in total. The summed E-state index contributed by atoms with van der Waals surface area (Å²) in [5.41, 5.74) is 1.55. The second kappa shape index (κ2) is 6.69. The summed E-state index contributed by atoms with van der Waals surface area (Å²) in [5, 5.41) is 15.2. The van der Waals surface area contributed by atoms with Crippen molar-refractivity contribution in [1.82, 2.24) is 10.3 Å². The van der Waals surface area contributed by atoms with Gasteiger partial charge in [0.05, 0.1) is 10.9 Å². The average molecular weight is 312 g/mol. The molecule has 20 heavy (non-hydrogen) atoms. The monoisotopic (exact) mass is 311 g/mol. The van der Waals surface area contributed by atoms with Gasteiger partial charge in [-0.05, 0) is 30.7 Å². The summed E-state index contributed by atoms with van der Waals surface area (Å²) < 4.78 is 0.607. The van der Waals surface area contributed by atoms with Crippen LogP contribution in [0.25, 0.3) is 0 Å². The predicted molar refractivity (Wildman–Crippen MR) is 80.3 cm³/mol. The van der Waals surface area contributed by atoms with Crippen molar-refractivity contribution in [2.75, 3.05) is 11.9 Å². The Morgan fingerprint density at radius 2 is 2.30 bits per heavy atom. The van der Waals surface area contributed by atoms with Gasteiger partial charge >= 0.3 is 6.03 Å². The van der Waals surface area contributed by atoms with Crippen LogP contribution in [0.15, 0.2) is 30.6 Å². The van der Waals surface area contributed by atoms with Gasteiger partial charge in [0.15, 0.2) is 0 Å². The fraction of sp³-hybridized carbons (Fsp3) is 0.231. The third-order valence-corrected chi connectivity index (χ3v) is 3.98. The normalized spacial score (nSPS) is 11.9. The number of anilines is 1. The minimum atomic E-state index is -0.767. The van der Waals surface area contributed by atoms with E-state index < -0.39 is 6.10 Å². The van der Waals surface area contributed by atoms with Crippen molar-refractivity contribution in [2.24, 2.45) is 0 Å². The fourth-order valence-corrected chi connectivity index (χ4v) is 2.62. The molecule has 106 valence electrons. The van der Waals surface area contributed by atoms with Crippen LogP contribution < -0.4 is 10.6 Å². The molecule has 0 aliphatic heterocycles. The highest BCUT2D eigenvalue weighted by molar-refractivity contribution is 7.16. The standard InChI is InChI=1S/C13H14ClN3O2S/c1-8-6-15-5-4-9(8)17-13(19)16-7-10(18)11-2-3-12(14)20-11/h2-6,10,18H,7H2,1H3,(H2,15,16,17,19). The SMILES string of the molecule is Cc1cnccc1NC(=O)NCC(O)c1ccc(Cl)s1. The summed E-state index contributed by atoms with van der Waals surface area (Å²) in [6.07, 6.45) is 2.50. The van der Waals surface area contributed by atoms with E-state index in [0.29, 0.717) is 10.0 Å². The van der Waals surface area contributed by atoms with Crippen LogP contribution in [-0.4, -0.2) is 22.7 Å². The summed E-state index contributed by atoms with van der Waals surface area (Å²) in [5.74, 6) is 0. The van der Waals surface area contributed by atoms with Crippen molar-refractivity contribution in [3.8, 4) is 0 Å². The fourth-order valence-electron chi connectivity index (χ4n) is 1.58. The number of thiophene rings is 1. The van der Waals surface area contributed by atoms with Gasteiger partial charge in [-0.15, -0.1) is 11.3 Å². The minimum absolute atomic E-state index is 0.118. The molecule has 5 nitrogen and oxygen atoms in total. The lowest BCUT2D eigenvalue weighted by molar-refractivity contribution is 0.178. The van der Waals surface area contributed by atoms with E-state index in [4.69, 9.17) is 11.6 Å². The lowest BCUT2D eigenvalue weighted by atomic mass is 10.2. The van der Waals surface area contributed by atoms with Crippen LogP contribution in [0, 0.1) is 6.92 Å². The molecule has 2 rings (SSSR count). The van der Waals surface area contributed by atoms with Crippen LogP contribution in [0.5, 0.6) is 0 Å². The third-order valence-electron chi connectivity index (χ3n) is 2.65. The number of aryl methyl sites for hydroxylation is 1. The Morgan fingerprint density at radius 1 is 1.50 bits per heavy atom. The van der Waals surface area contributed by atoms with Crippen LogP contribution in [0.2, 0.25) is 4.34 Å². The summed E-state index contributed by atoms with van der Waals surface area (Å²) >= 11 is 7.08. The van der Waals surface area contributed by atoms with Gasteiger partial charge in [0.2, 0.25) is 0 Å². The van der Waals surface area contributed by atoms with Gasteiger partial charge in [0.1, 0.15) is 6.10 Å². The van der Waals surface area contributed by atoms with E-state index in [0.717, 1.165) is 10.4 Å². The van der Waals surface area contributed by atoms with Crippen molar-refractivity contribution in [3.05, 3.63) is 45.4 Å². The molecule has 1 unspecified atom stereocenters. The molecule has 0 aliphatic rings. The molecule has 2 aromatic heterocycles. The predicted octanol–water partition coefficient (Wildman–Crippen LogP) is 2.96. The molecule has 7 heteroatoms. The Bertz CT molecular complexity index is 603. The number of rotatable bonds is 4. The molecule has 0 fully saturated rings. The quantitative estimate of drug-likeness (QED) is 0.812. The smallest absolute Gasteiger partial charge is 0.319 e. The number of aliphatic hydroxyl groups is 1. The molecule has 0 radical (unpaired) electrons. The van der Waals surface area contributed by atoms with Crippen molar-refractivity contribution in [3.63, 3.8) is 0 Å². The number of hydrogen-bond acceptors (Lipinski definition) is 4. The van der Waals surface area contributed by atoms with Crippen LogP contribution in [-0.2, 0) is 0 Å². The van der Waals surface area contributed by atoms with E-state index in [1.54, 1.807) is 30.6 Å². The number of nitrogens with one attached hydrogen (secondary N) is 2. The highest BCUT2D eigenvalue weighted by Gasteiger charge is 2.12. The Labute approximate surface area is 125 Å². The molecule has 2 amide bonds. The van der Waals surface area contributed by atoms with E-state index >= 15 is 0 Å². The largest absolute Gasteiger partial charge is 0.386 e. The first-order chi connectivity index (χ1) is 9.56. The van der Waals surface area contributed by atoms with E-state index in [2.05, 4.69) is 15.6 Å². The van der Waals surface area contributed by atoms with Crippen LogP contribution in [0.4, 0.5) is 10.5 Å². The molecular formula is C13H14ClN3O2S. The highest BCUT2D eigenvalue weighted by atomic mass is 35.5. The van der Waals surface area contributed by atoms with Gasteiger partial charge in [0.25, 0.3) is 0 Å². The van der Waals surface area contributed by atoms with Crippen molar-refractivity contribution in [2.45, 2.75) is 13.0 Å². The average Bonchev–Trinajstić information content (AvgIpc) is 2.85. The van der Waals surface area contributed by atoms with E-state index in [-0.39, 0.29) is 12.6 Å². The Hall–Kier alpha value is -1.63. The summed E-state index contributed by atoms with van der Waals surface area (Å²) in [7, 11) is 0. The van der Waals surface area contributed by atoms with E-state index in [1.807, 2.05) is 6.92 Å². The summed E-state index contributed by atoms with van der Waals surface area (Å²) in [4.78, 5) is 16.4. The van der Waals surface area contributed by atoms with Gasteiger partial charge < -0.3 is 15.7 Å². The number of aliphatic hydroxyl groups excluding tert-OH is 1. The molecule has 0 aromatic carbocycles. The first kappa shape index (κ1) is 14.8. The Morgan fingerprint density at radius 3 is 2.95 bits per heavy atom. The molecule has 0 saturated carbocycles. The molecule has 0 saturated heterocycles. The number of pyridine rings is 1. The maximum atomic E-state index is 11.7. The number of hydrogen-bond donors (Lipinski definition) is 3. The Kier molecular flexibility index (Phi) is 4.94. The maximum absolute atomic E-state index is 11.7. The third kappa shape index (κ3) is 3.93. The van der Waals surface area contributed by atoms with Crippen LogP contribution in [0.3, 0.4) is 0 Å². The van der Waals surface area contributed by atoms with Crippen molar-refractivity contribution in [1.29, 1.82) is 0 Å². The molecule has 0 aliphatic carbocycles. The zero-order valence-corrected chi connectivity index (χ0v) is 12.3. The van der Waals surface area contributed by atoms with Gasteiger partial charge in [-0.2, -0.15) is 0 Å². The second-order valence-electron chi connectivity index (χ2n) is 4.18. The number of carbonyl (C=O) groups excluding carboxylic acids is 1. The van der Waals surface area contributed by atoms with Crippen LogP contribution in [0.1, 0.15) is 16.5 Å². The zero-order valence-electron chi connectivity index (χ0n) is 10.8. The number of amides is 2. The molecule has 2 heterocycles. The van der Waals surface area contributed by atoms with Gasteiger partial charge in [-0.25, -0.2) is 4.79 Å². The topological polar surface area (TPSA) is 74.2 Å². The molecule has 0 spiro atoms. The first-order valence-electron chi connectivity index (χ1n) is 5.95. The summed E-state index contributed by atoms with van der Waals surface area (Å²) in [6.45, 7) is 1.97. The molecule has 1 atom stereocenters. The van der Waals surface area contributed by atoms with Gasteiger partial charge in [-0.3, -0.25) is 4.98 Å².